The molecule has 0 aliphatic carbocycles. The molecule has 1 N–H and O–H groups in total. The minimum absolute atomic E-state index is 0. The van der Waals surface area contributed by atoms with Crippen molar-refractivity contribution in [2.24, 2.45) is 16.8 Å². The first-order chi connectivity index (χ1) is 12.7. The highest BCUT2D eigenvalue weighted by Gasteiger charge is 2.24. The third-order valence-corrected chi connectivity index (χ3v) is 5.25. The van der Waals surface area contributed by atoms with Crippen molar-refractivity contribution in [1.29, 1.82) is 0 Å². The number of hydrogen-bond acceptors (Lipinski definition) is 3. The molecule has 0 aromatic heterocycles. The van der Waals surface area contributed by atoms with Crippen LogP contribution in [0.25, 0.3) is 0 Å². The number of hydrogen-bond donors (Lipinski definition) is 1. The molecule has 0 bridgehead atoms. The molecule has 0 spiro atoms. The summed E-state index contributed by atoms with van der Waals surface area (Å²) in [7, 11) is 0. The van der Waals surface area contributed by atoms with E-state index in [2.05, 4.69) is 60.2 Å². The van der Waals surface area contributed by atoms with Crippen LogP contribution in [-0.2, 0) is 11.3 Å². The second kappa shape index (κ2) is 11.1. The predicted molar refractivity (Wildman–Crippen MR) is 124 cm³/mol. The van der Waals surface area contributed by atoms with Gasteiger partial charge in [0.15, 0.2) is 5.96 Å². The molecule has 2 fully saturated rings. The van der Waals surface area contributed by atoms with Gasteiger partial charge in [0, 0.05) is 38.4 Å². The number of nitrogens with one attached hydrogen (secondary N) is 1. The summed E-state index contributed by atoms with van der Waals surface area (Å²) in [5, 5.41) is 3.51. The van der Waals surface area contributed by atoms with Crippen LogP contribution in [0.5, 0.6) is 0 Å². The van der Waals surface area contributed by atoms with Crippen LogP contribution < -0.4 is 10.2 Å². The highest BCUT2D eigenvalue weighted by atomic mass is 127. The first kappa shape index (κ1) is 22.3. The van der Waals surface area contributed by atoms with Gasteiger partial charge in [0.2, 0.25) is 0 Å². The van der Waals surface area contributed by atoms with Crippen molar-refractivity contribution in [2.75, 3.05) is 50.8 Å². The number of guanidine groups is 1. The van der Waals surface area contributed by atoms with Crippen molar-refractivity contribution in [3.63, 3.8) is 0 Å². The van der Waals surface area contributed by atoms with Gasteiger partial charge in [-0.05, 0) is 36.8 Å². The zero-order valence-electron chi connectivity index (χ0n) is 17.0. The number of piperidine rings is 1. The molecule has 3 rings (SSSR count). The fraction of sp³-hybridized carbons (Fsp3) is 0.667. The Balaban J connectivity index is 0.00000261. The molecule has 152 valence electrons. The number of likely N-dealkylation sites (tertiary alicyclic amines) is 1. The number of anilines is 1. The summed E-state index contributed by atoms with van der Waals surface area (Å²) in [4.78, 5) is 9.87. The van der Waals surface area contributed by atoms with Crippen molar-refractivity contribution in [3.8, 4) is 0 Å². The number of halogens is 1. The van der Waals surface area contributed by atoms with E-state index < -0.39 is 0 Å². The molecule has 27 heavy (non-hydrogen) atoms. The second-order valence-corrected chi connectivity index (χ2v) is 7.75. The molecule has 2 atom stereocenters. The average Bonchev–Trinajstić information content (AvgIpc) is 2.65. The first-order valence-corrected chi connectivity index (χ1v) is 10.1. The third-order valence-electron chi connectivity index (χ3n) is 5.25. The minimum Gasteiger partial charge on any atom is -0.378 e. The maximum Gasteiger partial charge on any atom is 0.194 e. The summed E-state index contributed by atoms with van der Waals surface area (Å²) in [6.45, 7) is 14.2. The van der Waals surface area contributed by atoms with Gasteiger partial charge in [-0.25, -0.2) is 4.99 Å². The number of nitrogens with zero attached hydrogens (tertiary/aromatic N) is 3. The summed E-state index contributed by atoms with van der Waals surface area (Å²) in [6, 6.07) is 8.66. The van der Waals surface area contributed by atoms with Gasteiger partial charge in [0.05, 0.1) is 19.8 Å². The van der Waals surface area contributed by atoms with Crippen LogP contribution >= 0.6 is 24.0 Å². The molecule has 1 aromatic rings. The van der Waals surface area contributed by atoms with Gasteiger partial charge in [-0.15, -0.1) is 24.0 Å². The molecule has 2 unspecified atom stereocenters. The fourth-order valence-corrected chi connectivity index (χ4v) is 4.18. The Morgan fingerprint density at radius 1 is 1.15 bits per heavy atom. The van der Waals surface area contributed by atoms with Crippen LogP contribution in [-0.4, -0.2) is 56.8 Å². The molecule has 2 aliphatic rings. The Labute approximate surface area is 181 Å². The van der Waals surface area contributed by atoms with Crippen LogP contribution in [0.4, 0.5) is 5.69 Å². The van der Waals surface area contributed by atoms with Gasteiger partial charge in [-0.3, -0.25) is 0 Å². The number of morpholine rings is 1. The van der Waals surface area contributed by atoms with E-state index in [4.69, 9.17) is 9.73 Å². The Kier molecular flexibility index (Phi) is 9.15. The summed E-state index contributed by atoms with van der Waals surface area (Å²) in [6.07, 6.45) is 1.32. The topological polar surface area (TPSA) is 40.1 Å². The van der Waals surface area contributed by atoms with Gasteiger partial charge in [0.25, 0.3) is 0 Å². The molecule has 5 nitrogen and oxygen atoms in total. The van der Waals surface area contributed by atoms with Crippen LogP contribution in [0.2, 0.25) is 0 Å². The molecule has 2 aliphatic heterocycles. The van der Waals surface area contributed by atoms with Crippen molar-refractivity contribution >= 4 is 35.6 Å². The Bertz CT molecular complexity index is 594. The Morgan fingerprint density at radius 3 is 2.48 bits per heavy atom. The normalized spacial score (nSPS) is 23.7. The second-order valence-electron chi connectivity index (χ2n) is 7.75. The number of rotatable bonds is 4. The summed E-state index contributed by atoms with van der Waals surface area (Å²) >= 11 is 0. The summed E-state index contributed by atoms with van der Waals surface area (Å²) in [5.74, 6) is 2.51. The molecule has 0 amide bonds. The van der Waals surface area contributed by atoms with E-state index >= 15 is 0 Å². The van der Waals surface area contributed by atoms with Crippen molar-refractivity contribution in [1.82, 2.24) is 10.2 Å². The maximum atomic E-state index is 5.50. The Hall–Kier alpha value is -1.02. The molecular formula is C21H35IN4O. The number of para-hydroxylation sites is 1. The van der Waals surface area contributed by atoms with E-state index in [0.717, 1.165) is 70.3 Å². The van der Waals surface area contributed by atoms with E-state index in [1.54, 1.807) is 0 Å². The molecule has 2 saturated heterocycles. The van der Waals surface area contributed by atoms with Crippen molar-refractivity contribution in [2.45, 2.75) is 33.7 Å². The highest BCUT2D eigenvalue weighted by Crippen LogP contribution is 2.24. The Morgan fingerprint density at radius 2 is 1.81 bits per heavy atom. The monoisotopic (exact) mass is 486 g/mol. The van der Waals surface area contributed by atoms with E-state index in [1.807, 2.05) is 0 Å². The maximum absolute atomic E-state index is 5.50. The zero-order valence-corrected chi connectivity index (χ0v) is 19.3. The summed E-state index contributed by atoms with van der Waals surface area (Å²) < 4.78 is 5.50. The number of ether oxygens (including phenoxy) is 1. The lowest BCUT2D eigenvalue weighted by Gasteiger charge is -2.37. The summed E-state index contributed by atoms with van der Waals surface area (Å²) in [5.41, 5.74) is 2.60. The van der Waals surface area contributed by atoms with Crippen LogP contribution in [0.1, 0.15) is 32.8 Å². The molecule has 2 heterocycles. The quantitative estimate of drug-likeness (QED) is 0.401. The number of benzene rings is 1. The van der Waals surface area contributed by atoms with Crippen LogP contribution in [0, 0.1) is 11.8 Å². The lowest BCUT2D eigenvalue weighted by atomic mass is 9.92. The molecule has 6 heteroatoms. The third kappa shape index (κ3) is 6.24. The molecule has 0 saturated carbocycles. The molecule has 0 radical (unpaired) electrons. The van der Waals surface area contributed by atoms with Crippen molar-refractivity contribution < 1.29 is 4.74 Å². The van der Waals surface area contributed by atoms with Gasteiger partial charge in [0.1, 0.15) is 0 Å². The SMILES string of the molecule is CCNC(=NCc1ccccc1N1CCOCC1)N1CC(C)CC(C)C1.I. The smallest absolute Gasteiger partial charge is 0.194 e. The van der Waals surface area contributed by atoms with E-state index in [1.165, 1.54) is 17.7 Å². The molecular weight excluding hydrogens is 451 g/mol. The van der Waals surface area contributed by atoms with Gasteiger partial charge < -0.3 is 19.9 Å². The van der Waals surface area contributed by atoms with Gasteiger partial charge in [-0.2, -0.15) is 0 Å². The zero-order chi connectivity index (χ0) is 18.4. The van der Waals surface area contributed by atoms with Crippen LogP contribution in [0.3, 0.4) is 0 Å². The predicted octanol–water partition coefficient (Wildman–Crippen LogP) is 3.58. The van der Waals surface area contributed by atoms with E-state index in [-0.39, 0.29) is 24.0 Å². The van der Waals surface area contributed by atoms with E-state index in [0.29, 0.717) is 0 Å². The lowest BCUT2D eigenvalue weighted by molar-refractivity contribution is 0.122. The highest BCUT2D eigenvalue weighted by molar-refractivity contribution is 14.0. The van der Waals surface area contributed by atoms with Gasteiger partial charge in [-0.1, -0.05) is 32.0 Å². The van der Waals surface area contributed by atoms with Crippen molar-refractivity contribution in [3.05, 3.63) is 29.8 Å². The largest absolute Gasteiger partial charge is 0.378 e. The number of aliphatic imine (C=N–C) groups is 1. The average molecular weight is 486 g/mol. The van der Waals surface area contributed by atoms with Gasteiger partial charge >= 0.3 is 0 Å². The lowest BCUT2D eigenvalue weighted by Crippen LogP contribution is -2.48. The first-order valence-electron chi connectivity index (χ1n) is 10.1. The molecule has 1 aromatic carbocycles. The minimum atomic E-state index is 0. The standard InChI is InChI=1S/C21H34N4O.HI/c1-4-22-21(25-15-17(2)13-18(3)16-25)23-14-19-7-5-6-8-20(19)24-9-11-26-12-10-24;/h5-8,17-18H,4,9-16H2,1-3H3,(H,22,23);1H. The fourth-order valence-electron chi connectivity index (χ4n) is 4.18. The van der Waals surface area contributed by atoms with Crippen LogP contribution in [0.15, 0.2) is 29.3 Å². The van der Waals surface area contributed by atoms with E-state index in [9.17, 15) is 0 Å².